The first kappa shape index (κ1) is 28.4. The number of hydrogen-bond donors (Lipinski definition) is 4. The highest BCUT2D eigenvalue weighted by Gasteiger charge is 2.47. The van der Waals surface area contributed by atoms with Gasteiger partial charge in [0.25, 0.3) is 0 Å². The molecule has 0 unspecified atom stereocenters. The summed E-state index contributed by atoms with van der Waals surface area (Å²) >= 11 is 0. The summed E-state index contributed by atoms with van der Waals surface area (Å²) in [5.74, 6) is -1.47. The summed E-state index contributed by atoms with van der Waals surface area (Å²) in [4.78, 5) is 49.4. The number of aromatic nitrogens is 2. The maximum atomic E-state index is 14.5. The molecule has 42 heavy (non-hydrogen) atoms. The molecule has 0 fully saturated rings. The van der Waals surface area contributed by atoms with Crippen LogP contribution < -0.4 is 16.1 Å². The Bertz CT molecular complexity index is 1620. The second-order valence-corrected chi connectivity index (χ2v) is 10.0. The van der Waals surface area contributed by atoms with Crippen molar-refractivity contribution in [2.75, 3.05) is 10.6 Å². The summed E-state index contributed by atoms with van der Waals surface area (Å²) < 4.78 is 0. The molecule has 0 spiro atoms. The molecule has 0 atom stereocenters. The van der Waals surface area contributed by atoms with Gasteiger partial charge < -0.3 is 10.6 Å². The van der Waals surface area contributed by atoms with Gasteiger partial charge in [0.1, 0.15) is 0 Å². The van der Waals surface area contributed by atoms with Gasteiger partial charge in [-0.15, -0.1) is 0 Å². The van der Waals surface area contributed by atoms with Crippen LogP contribution >= 0.6 is 0 Å². The monoisotopic (exact) mass is 561 g/mol. The third-order valence-corrected chi connectivity index (χ3v) is 7.38. The minimum Gasteiger partial charge on any atom is -0.323 e. The van der Waals surface area contributed by atoms with Crippen LogP contribution in [0.2, 0.25) is 0 Å². The molecule has 0 aliphatic heterocycles. The Kier molecular flexibility index (Phi) is 8.79. The van der Waals surface area contributed by atoms with Gasteiger partial charge in [0, 0.05) is 29.6 Å². The molecule has 0 aliphatic carbocycles. The first-order chi connectivity index (χ1) is 20.5. The van der Waals surface area contributed by atoms with Gasteiger partial charge in [-0.05, 0) is 42.7 Å². The number of nitrogens with zero attached hydrogens (tertiary/aromatic N) is 2. The van der Waals surface area contributed by atoms with E-state index in [9.17, 15) is 14.4 Å². The van der Waals surface area contributed by atoms with Crippen LogP contribution in [0.3, 0.4) is 0 Å². The predicted molar refractivity (Wildman–Crippen MR) is 162 cm³/mol. The Morgan fingerprint density at radius 1 is 0.643 bits per heavy atom. The number of unbranched alkanes of at least 4 members (excludes halogenated alkanes) is 2. The number of hydrogen-bond acceptors (Lipinski definition) is 6. The van der Waals surface area contributed by atoms with E-state index >= 15 is 0 Å². The second-order valence-electron chi connectivity index (χ2n) is 10.0. The van der Waals surface area contributed by atoms with Crippen molar-refractivity contribution in [1.82, 2.24) is 15.4 Å². The fraction of sp³-hybridized carbons (Fsp3) is 0.182. The van der Waals surface area contributed by atoms with Crippen LogP contribution in [0.4, 0.5) is 11.4 Å². The van der Waals surface area contributed by atoms with Crippen molar-refractivity contribution in [1.29, 1.82) is 0 Å². The summed E-state index contributed by atoms with van der Waals surface area (Å²) in [6, 6.07) is 27.5. The van der Waals surface area contributed by atoms with Gasteiger partial charge in [0.05, 0.1) is 22.4 Å². The minimum atomic E-state index is -1.63. The molecule has 0 saturated carbocycles. The first-order valence-electron chi connectivity index (χ1n) is 13.8. The summed E-state index contributed by atoms with van der Waals surface area (Å²) in [5, 5.41) is 16.6. The number of fused-ring (bicyclic) bond motifs is 2. The normalized spacial score (nSPS) is 11.3. The molecule has 9 nitrogen and oxygen atoms in total. The number of hydroxylamine groups is 1. The van der Waals surface area contributed by atoms with E-state index in [0.717, 1.165) is 10.8 Å². The zero-order valence-corrected chi connectivity index (χ0v) is 22.9. The molecular formula is C33H31N5O4. The quantitative estimate of drug-likeness (QED) is 0.0702. The average molecular weight is 562 g/mol. The highest BCUT2D eigenvalue weighted by molar-refractivity contribution is 6.21. The number of carbonyl (C=O) groups excluding carboxylic acids is 3. The maximum absolute atomic E-state index is 14.5. The van der Waals surface area contributed by atoms with Crippen molar-refractivity contribution >= 4 is 50.9 Å². The number of rotatable bonds is 11. The third kappa shape index (κ3) is 5.96. The molecule has 0 aliphatic rings. The van der Waals surface area contributed by atoms with E-state index in [0.29, 0.717) is 47.2 Å². The molecule has 0 saturated heterocycles. The molecule has 0 bridgehead atoms. The van der Waals surface area contributed by atoms with Gasteiger partial charge in [-0.1, -0.05) is 79.6 Å². The van der Waals surface area contributed by atoms with Gasteiger partial charge >= 0.3 is 0 Å². The topological polar surface area (TPSA) is 133 Å². The minimum absolute atomic E-state index is 0.135. The Balaban J connectivity index is 1.55. The van der Waals surface area contributed by atoms with Crippen molar-refractivity contribution in [2.24, 2.45) is 0 Å². The number of pyridine rings is 2. The molecule has 0 radical (unpaired) electrons. The lowest BCUT2D eigenvalue weighted by atomic mass is 9.74. The highest BCUT2D eigenvalue weighted by Crippen LogP contribution is 2.35. The summed E-state index contributed by atoms with van der Waals surface area (Å²) in [5.41, 5.74) is 2.77. The number of anilines is 2. The standard InChI is InChI=1S/C33H31N5O4/c39-28(38-42)19-5-2-6-20-33(25-15-3-1-4-16-25,31(40)36-26-17-7-11-23-13-9-21-34-29(23)26)32(41)37-27-18-8-12-24-14-10-22-35-30(24)27/h1,3-4,7-18,21-22,42H,2,5-6,19-20H2,(H,36,40)(H,37,41)(H,38,39). The molecule has 5 aromatic rings. The fourth-order valence-corrected chi connectivity index (χ4v) is 5.24. The lowest BCUT2D eigenvalue weighted by Crippen LogP contribution is -2.50. The summed E-state index contributed by atoms with van der Waals surface area (Å²) in [6.07, 6.45) is 5.14. The maximum Gasteiger partial charge on any atom is 0.244 e. The van der Waals surface area contributed by atoms with Crippen LogP contribution in [0.1, 0.15) is 37.7 Å². The number of carbonyl (C=O) groups is 3. The van der Waals surface area contributed by atoms with Crippen LogP contribution in [0.15, 0.2) is 103 Å². The number of nitrogens with one attached hydrogen (secondary N) is 3. The van der Waals surface area contributed by atoms with Crippen molar-refractivity contribution in [3.63, 3.8) is 0 Å². The van der Waals surface area contributed by atoms with Gasteiger partial charge in [-0.3, -0.25) is 29.6 Å². The molecule has 2 heterocycles. The summed E-state index contributed by atoms with van der Waals surface area (Å²) in [7, 11) is 0. The Morgan fingerprint density at radius 2 is 1.19 bits per heavy atom. The number of benzene rings is 3. The van der Waals surface area contributed by atoms with Crippen LogP contribution in [0.25, 0.3) is 21.8 Å². The predicted octanol–water partition coefficient (Wildman–Crippen LogP) is 5.75. The van der Waals surface area contributed by atoms with Crippen molar-refractivity contribution in [3.8, 4) is 0 Å². The third-order valence-electron chi connectivity index (χ3n) is 7.38. The van der Waals surface area contributed by atoms with Gasteiger partial charge in [-0.2, -0.15) is 0 Å². The zero-order valence-electron chi connectivity index (χ0n) is 22.9. The second kappa shape index (κ2) is 13.0. The molecular weight excluding hydrogens is 530 g/mol. The van der Waals surface area contributed by atoms with E-state index < -0.39 is 23.1 Å². The molecule has 2 aromatic heterocycles. The van der Waals surface area contributed by atoms with Gasteiger partial charge in [0.2, 0.25) is 17.7 Å². The van der Waals surface area contributed by atoms with Crippen molar-refractivity contribution < 1.29 is 19.6 Å². The van der Waals surface area contributed by atoms with E-state index in [-0.39, 0.29) is 12.8 Å². The van der Waals surface area contributed by atoms with E-state index in [1.165, 1.54) is 0 Å². The molecule has 212 valence electrons. The van der Waals surface area contributed by atoms with Crippen LogP contribution in [-0.4, -0.2) is 32.9 Å². The Morgan fingerprint density at radius 3 is 1.74 bits per heavy atom. The Hall–Kier alpha value is -5.15. The average Bonchev–Trinajstić information content (AvgIpc) is 3.03. The van der Waals surface area contributed by atoms with Crippen molar-refractivity contribution in [2.45, 2.75) is 37.5 Å². The summed E-state index contributed by atoms with van der Waals surface area (Å²) in [6.45, 7) is 0. The largest absolute Gasteiger partial charge is 0.323 e. The van der Waals surface area contributed by atoms with E-state index in [1.54, 1.807) is 54.3 Å². The van der Waals surface area contributed by atoms with E-state index in [4.69, 9.17) is 5.21 Å². The Labute approximate surface area is 243 Å². The van der Waals surface area contributed by atoms with E-state index in [2.05, 4.69) is 20.6 Å². The van der Waals surface area contributed by atoms with Gasteiger partial charge in [0.15, 0.2) is 5.41 Å². The molecule has 9 heteroatoms. The number of para-hydroxylation sites is 2. The molecule has 3 aromatic carbocycles. The van der Waals surface area contributed by atoms with E-state index in [1.807, 2.05) is 54.6 Å². The van der Waals surface area contributed by atoms with Crippen LogP contribution in [-0.2, 0) is 19.8 Å². The SMILES string of the molecule is O=C(CCCCCC(C(=O)Nc1cccc2cccnc12)(C(=O)Nc1cccc2cccnc12)c1ccccc1)NO. The lowest BCUT2D eigenvalue weighted by Gasteiger charge is -2.32. The molecule has 5 rings (SSSR count). The van der Waals surface area contributed by atoms with Crippen molar-refractivity contribution in [3.05, 3.63) is 109 Å². The van der Waals surface area contributed by atoms with Crippen LogP contribution in [0, 0.1) is 0 Å². The highest BCUT2D eigenvalue weighted by atomic mass is 16.5. The lowest BCUT2D eigenvalue weighted by molar-refractivity contribution is -0.132. The molecule has 4 N–H and O–H groups in total. The fourth-order valence-electron chi connectivity index (χ4n) is 5.24. The zero-order chi connectivity index (χ0) is 29.4. The van der Waals surface area contributed by atoms with Crippen LogP contribution in [0.5, 0.6) is 0 Å². The molecule has 3 amide bonds. The number of amides is 3. The first-order valence-corrected chi connectivity index (χ1v) is 13.8. The van der Waals surface area contributed by atoms with Gasteiger partial charge in [-0.25, -0.2) is 5.48 Å². The smallest absolute Gasteiger partial charge is 0.244 e.